The van der Waals surface area contributed by atoms with Crippen LogP contribution in [0.25, 0.3) is 0 Å². The summed E-state index contributed by atoms with van der Waals surface area (Å²) in [4.78, 5) is 0. The number of alkyl halides is 1. The number of rotatable bonds is 4. The van der Waals surface area contributed by atoms with Crippen molar-refractivity contribution in [2.24, 2.45) is 5.73 Å². The van der Waals surface area contributed by atoms with Gasteiger partial charge in [0.25, 0.3) is 0 Å². The fourth-order valence-electron chi connectivity index (χ4n) is 1.47. The van der Waals surface area contributed by atoms with Crippen molar-refractivity contribution in [1.82, 2.24) is 0 Å². The van der Waals surface area contributed by atoms with Gasteiger partial charge in [-0.05, 0) is 24.8 Å². The second-order valence-corrected chi connectivity index (χ2v) is 3.46. The Morgan fingerprint density at radius 1 is 1.46 bits per heavy atom. The van der Waals surface area contributed by atoms with Gasteiger partial charge in [0.05, 0.1) is 0 Å². The molecule has 0 bridgehead atoms. The standard InChI is InChI=1S/C11H16FN/c1-2-3-4-6-10(9-12)11(13)7-5-8-11/h2-4,6H,1,5,7-9,13H2/b4-3-,10-6+. The lowest BCUT2D eigenvalue weighted by Gasteiger charge is -2.39. The predicted octanol–water partition coefficient (Wildman–Crippen LogP) is 2.51. The van der Waals surface area contributed by atoms with Crippen LogP contribution in [0.2, 0.25) is 0 Å². The van der Waals surface area contributed by atoms with E-state index >= 15 is 0 Å². The smallest absolute Gasteiger partial charge is 0.113 e. The summed E-state index contributed by atoms with van der Waals surface area (Å²) in [7, 11) is 0. The maximum atomic E-state index is 12.6. The quantitative estimate of drug-likeness (QED) is 0.662. The first kappa shape index (κ1) is 10.2. The summed E-state index contributed by atoms with van der Waals surface area (Å²) in [6.45, 7) is 3.09. The Kier molecular flexibility index (Phi) is 3.43. The van der Waals surface area contributed by atoms with Gasteiger partial charge in [-0.1, -0.05) is 30.9 Å². The van der Waals surface area contributed by atoms with E-state index in [4.69, 9.17) is 5.73 Å². The average molecular weight is 181 g/mol. The highest BCUT2D eigenvalue weighted by atomic mass is 19.1. The van der Waals surface area contributed by atoms with Crippen molar-refractivity contribution in [1.29, 1.82) is 0 Å². The minimum atomic E-state index is -0.446. The summed E-state index contributed by atoms with van der Waals surface area (Å²) in [6, 6.07) is 0. The molecule has 1 fully saturated rings. The molecule has 0 atom stereocenters. The minimum absolute atomic E-state index is 0.361. The molecule has 0 aromatic heterocycles. The first-order valence-corrected chi connectivity index (χ1v) is 4.56. The van der Waals surface area contributed by atoms with Gasteiger partial charge in [-0.15, -0.1) is 0 Å². The lowest BCUT2D eigenvalue weighted by Crippen LogP contribution is -2.48. The number of hydrogen-bond acceptors (Lipinski definition) is 1. The molecule has 1 aliphatic rings. The minimum Gasteiger partial charge on any atom is -0.322 e. The van der Waals surface area contributed by atoms with Crippen molar-refractivity contribution in [3.63, 3.8) is 0 Å². The van der Waals surface area contributed by atoms with E-state index in [2.05, 4.69) is 6.58 Å². The van der Waals surface area contributed by atoms with Crippen molar-refractivity contribution in [2.75, 3.05) is 6.67 Å². The van der Waals surface area contributed by atoms with E-state index in [-0.39, 0.29) is 5.54 Å². The van der Waals surface area contributed by atoms with E-state index in [1.807, 2.05) is 0 Å². The van der Waals surface area contributed by atoms with E-state index in [1.165, 1.54) is 0 Å². The number of hydrogen-bond donors (Lipinski definition) is 1. The molecular formula is C11H16FN. The van der Waals surface area contributed by atoms with E-state index in [0.717, 1.165) is 19.3 Å². The van der Waals surface area contributed by atoms with Gasteiger partial charge in [-0.3, -0.25) is 0 Å². The van der Waals surface area contributed by atoms with Crippen molar-refractivity contribution >= 4 is 0 Å². The highest BCUT2D eigenvalue weighted by Gasteiger charge is 2.35. The molecule has 0 radical (unpaired) electrons. The topological polar surface area (TPSA) is 26.0 Å². The first-order chi connectivity index (χ1) is 6.23. The third kappa shape index (κ3) is 2.28. The van der Waals surface area contributed by atoms with Gasteiger partial charge in [0.1, 0.15) is 6.67 Å². The van der Waals surface area contributed by atoms with Gasteiger partial charge in [0, 0.05) is 5.54 Å². The van der Waals surface area contributed by atoms with Gasteiger partial charge in [-0.25, -0.2) is 4.39 Å². The third-order valence-electron chi connectivity index (χ3n) is 2.57. The van der Waals surface area contributed by atoms with Crippen LogP contribution in [0.1, 0.15) is 19.3 Å². The van der Waals surface area contributed by atoms with Crippen LogP contribution in [0.15, 0.2) is 36.5 Å². The maximum absolute atomic E-state index is 12.6. The number of allylic oxidation sites excluding steroid dienone is 4. The van der Waals surface area contributed by atoms with E-state index in [9.17, 15) is 4.39 Å². The Hall–Kier alpha value is -0.890. The van der Waals surface area contributed by atoms with Crippen LogP contribution in [-0.2, 0) is 0 Å². The zero-order chi connectivity index (χ0) is 9.73. The lowest BCUT2D eigenvalue weighted by atomic mass is 9.72. The first-order valence-electron chi connectivity index (χ1n) is 4.56. The van der Waals surface area contributed by atoms with Crippen LogP contribution >= 0.6 is 0 Å². The molecule has 1 rings (SSSR count). The molecule has 0 amide bonds. The summed E-state index contributed by atoms with van der Waals surface area (Å²) in [6.07, 6.45) is 9.91. The Balaban J connectivity index is 2.65. The van der Waals surface area contributed by atoms with Crippen LogP contribution in [0.5, 0.6) is 0 Å². The Bertz CT molecular complexity index is 236. The number of nitrogens with two attached hydrogens (primary N) is 1. The fourth-order valence-corrected chi connectivity index (χ4v) is 1.47. The van der Waals surface area contributed by atoms with Crippen LogP contribution in [-0.4, -0.2) is 12.2 Å². The fraction of sp³-hybridized carbons (Fsp3) is 0.455. The molecule has 1 nitrogen and oxygen atoms in total. The molecular weight excluding hydrogens is 165 g/mol. The molecule has 72 valence electrons. The van der Waals surface area contributed by atoms with Crippen molar-refractivity contribution < 1.29 is 4.39 Å². The normalized spacial score (nSPS) is 21.5. The molecule has 0 aromatic rings. The van der Waals surface area contributed by atoms with E-state index < -0.39 is 6.67 Å². The lowest BCUT2D eigenvalue weighted by molar-refractivity contribution is 0.280. The molecule has 2 N–H and O–H groups in total. The molecule has 0 unspecified atom stereocenters. The van der Waals surface area contributed by atoms with Crippen LogP contribution in [0.4, 0.5) is 4.39 Å². The van der Waals surface area contributed by atoms with Gasteiger partial charge in [0.2, 0.25) is 0 Å². The molecule has 1 aliphatic carbocycles. The molecule has 0 heterocycles. The van der Waals surface area contributed by atoms with Crippen molar-refractivity contribution in [3.05, 3.63) is 36.5 Å². The SMILES string of the molecule is C=C/C=C\C=C(/CF)C1(N)CCC1. The van der Waals surface area contributed by atoms with Gasteiger partial charge in [-0.2, -0.15) is 0 Å². The zero-order valence-electron chi connectivity index (χ0n) is 7.80. The largest absolute Gasteiger partial charge is 0.322 e. The molecule has 0 spiro atoms. The Morgan fingerprint density at radius 3 is 2.54 bits per heavy atom. The Labute approximate surface area is 78.8 Å². The van der Waals surface area contributed by atoms with Crippen LogP contribution in [0, 0.1) is 0 Å². The van der Waals surface area contributed by atoms with Crippen molar-refractivity contribution in [2.45, 2.75) is 24.8 Å². The second-order valence-electron chi connectivity index (χ2n) is 3.46. The monoisotopic (exact) mass is 181 g/mol. The predicted molar refractivity (Wildman–Crippen MR) is 54.2 cm³/mol. The molecule has 0 aliphatic heterocycles. The molecule has 0 aromatic carbocycles. The van der Waals surface area contributed by atoms with Gasteiger partial charge < -0.3 is 5.73 Å². The van der Waals surface area contributed by atoms with E-state index in [0.29, 0.717) is 5.57 Å². The summed E-state index contributed by atoms with van der Waals surface area (Å²) in [5, 5.41) is 0. The second kappa shape index (κ2) is 4.38. The Morgan fingerprint density at radius 2 is 2.15 bits per heavy atom. The summed E-state index contributed by atoms with van der Waals surface area (Å²) < 4.78 is 12.6. The third-order valence-corrected chi connectivity index (χ3v) is 2.57. The molecule has 13 heavy (non-hydrogen) atoms. The van der Waals surface area contributed by atoms with E-state index in [1.54, 1.807) is 24.3 Å². The summed E-state index contributed by atoms with van der Waals surface area (Å²) in [5.74, 6) is 0. The van der Waals surface area contributed by atoms with Crippen LogP contribution < -0.4 is 5.73 Å². The summed E-state index contributed by atoms with van der Waals surface area (Å²) in [5.41, 5.74) is 6.32. The highest BCUT2D eigenvalue weighted by molar-refractivity contribution is 5.28. The molecule has 2 heteroatoms. The zero-order valence-corrected chi connectivity index (χ0v) is 7.80. The van der Waals surface area contributed by atoms with Crippen molar-refractivity contribution in [3.8, 4) is 0 Å². The average Bonchev–Trinajstić information content (AvgIpc) is 2.09. The summed E-state index contributed by atoms with van der Waals surface area (Å²) >= 11 is 0. The maximum Gasteiger partial charge on any atom is 0.113 e. The molecule has 1 saturated carbocycles. The number of halogens is 1. The molecule has 0 saturated heterocycles. The van der Waals surface area contributed by atoms with Gasteiger partial charge >= 0.3 is 0 Å². The van der Waals surface area contributed by atoms with Gasteiger partial charge in [0.15, 0.2) is 0 Å². The highest BCUT2D eigenvalue weighted by Crippen LogP contribution is 2.35. The van der Waals surface area contributed by atoms with Crippen LogP contribution in [0.3, 0.4) is 0 Å².